The summed E-state index contributed by atoms with van der Waals surface area (Å²) in [5.74, 6) is 1.09. The molecule has 0 atom stereocenters. The van der Waals surface area contributed by atoms with E-state index in [9.17, 15) is 4.79 Å². The summed E-state index contributed by atoms with van der Waals surface area (Å²) in [5.41, 5.74) is 3.54. The molecule has 0 aliphatic heterocycles. The monoisotopic (exact) mass is 390 g/mol. The van der Waals surface area contributed by atoms with Crippen LogP contribution in [0.25, 0.3) is 0 Å². The molecule has 6 heteroatoms. The SMILES string of the molecule is COc1ccc(CNC(=O)c2cc(Nc3ccc(C(C)(C)C)cc3)ncn2)cc1. The summed E-state index contributed by atoms with van der Waals surface area (Å²) >= 11 is 0. The molecule has 29 heavy (non-hydrogen) atoms. The zero-order valence-electron chi connectivity index (χ0n) is 17.2. The predicted molar refractivity (Wildman–Crippen MR) is 115 cm³/mol. The first-order valence-electron chi connectivity index (χ1n) is 9.46. The standard InChI is InChI=1S/C23H26N4O2/c1-23(2,3)17-7-9-18(10-8-17)27-21-13-20(25-15-26-21)22(28)24-14-16-5-11-19(29-4)12-6-16/h5-13,15H,14H2,1-4H3,(H,24,28)(H,25,26,27). The average molecular weight is 390 g/mol. The molecule has 0 radical (unpaired) electrons. The van der Waals surface area contributed by atoms with Crippen molar-refractivity contribution in [2.24, 2.45) is 0 Å². The maximum Gasteiger partial charge on any atom is 0.270 e. The summed E-state index contributed by atoms with van der Waals surface area (Å²) < 4.78 is 5.14. The summed E-state index contributed by atoms with van der Waals surface area (Å²) in [6, 6.07) is 17.4. The largest absolute Gasteiger partial charge is 0.497 e. The summed E-state index contributed by atoms with van der Waals surface area (Å²) in [5, 5.41) is 6.09. The number of carbonyl (C=O) groups is 1. The zero-order chi connectivity index (χ0) is 20.9. The number of benzene rings is 2. The summed E-state index contributed by atoms with van der Waals surface area (Å²) in [6.45, 7) is 6.94. The van der Waals surface area contributed by atoms with Gasteiger partial charge in [-0.25, -0.2) is 9.97 Å². The molecule has 6 nitrogen and oxygen atoms in total. The highest BCUT2D eigenvalue weighted by molar-refractivity contribution is 5.92. The molecule has 0 fully saturated rings. The Balaban J connectivity index is 1.63. The van der Waals surface area contributed by atoms with Crippen LogP contribution in [-0.2, 0) is 12.0 Å². The second kappa shape index (κ2) is 8.73. The van der Waals surface area contributed by atoms with E-state index in [2.05, 4.69) is 53.5 Å². The van der Waals surface area contributed by atoms with Crippen molar-refractivity contribution in [3.63, 3.8) is 0 Å². The van der Waals surface area contributed by atoms with Crippen LogP contribution in [0.1, 0.15) is 42.4 Å². The van der Waals surface area contributed by atoms with Gasteiger partial charge in [0.15, 0.2) is 0 Å². The van der Waals surface area contributed by atoms with Gasteiger partial charge in [0.05, 0.1) is 7.11 Å². The fraction of sp³-hybridized carbons (Fsp3) is 0.261. The van der Waals surface area contributed by atoms with Crippen molar-refractivity contribution in [3.05, 3.63) is 77.7 Å². The van der Waals surface area contributed by atoms with Crippen LogP contribution in [0.2, 0.25) is 0 Å². The molecule has 2 aromatic carbocycles. The Bertz CT molecular complexity index is 961. The van der Waals surface area contributed by atoms with Crippen molar-refractivity contribution in [1.29, 1.82) is 0 Å². The van der Waals surface area contributed by atoms with E-state index >= 15 is 0 Å². The van der Waals surface area contributed by atoms with Crippen LogP contribution in [0, 0.1) is 0 Å². The molecule has 0 bridgehead atoms. The van der Waals surface area contributed by atoms with Crippen LogP contribution >= 0.6 is 0 Å². The smallest absolute Gasteiger partial charge is 0.270 e. The van der Waals surface area contributed by atoms with Crippen LogP contribution < -0.4 is 15.4 Å². The normalized spacial score (nSPS) is 11.0. The fourth-order valence-corrected chi connectivity index (χ4v) is 2.77. The quantitative estimate of drug-likeness (QED) is 0.650. The Labute approximate surface area is 171 Å². The Hall–Kier alpha value is -3.41. The van der Waals surface area contributed by atoms with Gasteiger partial charge in [0.1, 0.15) is 23.6 Å². The van der Waals surface area contributed by atoms with E-state index < -0.39 is 0 Å². The molecule has 3 rings (SSSR count). The summed E-state index contributed by atoms with van der Waals surface area (Å²) in [4.78, 5) is 20.7. The Morgan fingerprint density at radius 1 is 1.00 bits per heavy atom. The van der Waals surface area contributed by atoms with E-state index in [1.165, 1.54) is 11.9 Å². The van der Waals surface area contributed by atoms with E-state index in [1.54, 1.807) is 13.2 Å². The Morgan fingerprint density at radius 2 is 1.69 bits per heavy atom. The van der Waals surface area contributed by atoms with Gasteiger partial charge in [0, 0.05) is 18.3 Å². The van der Waals surface area contributed by atoms with E-state index in [4.69, 9.17) is 4.74 Å². The molecular weight excluding hydrogens is 364 g/mol. The third-order valence-corrected chi connectivity index (χ3v) is 4.54. The molecule has 2 N–H and O–H groups in total. The molecule has 0 spiro atoms. The van der Waals surface area contributed by atoms with E-state index in [1.807, 2.05) is 36.4 Å². The number of carbonyl (C=O) groups excluding carboxylic acids is 1. The number of nitrogens with one attached hydrogen (secondary N) is 2. The highest BCUT2D eigenvalue weighted by Crippen LogP contribution is 2.24. The highest BCUT2D eigenvalue weighted by atomic mass is 16.5. The molecule has 0 aliphatic carbocycles. The number of rotatable bonds is 6. The highest BCUT2D eigenvalue weighted by Gasteiger charge is 2.13. The lowest BCUT2D eigenvalue weighted by Crippen LogP contribution is -2.24. The number of aromatic nitrogens is 2. The average Bonchev–Trinajstić information content (AvgIpc) is 2.72. The van der Waals surface area contributed by atoms with Crippen LogP contribution in [0.3, 0.4) is 0 Å². The molecule has 0 saturated heterocycles. The van der Waals surface area contributed by atoms with Crippen molar-refractivity contribution in [2.45, 2.75) is 32.7 Å². The van der Waals surface area contributed by atoms with Crippen molar-refractivity contribution in [3.8, 4) is 5.75 Å². The number of hydrogen-bond acceptors (Lipinski definition) is 5. The topological polar surface area (TPSA) is 76.1 Å². The third kappa shape index (κ3) is 5.54. The van der Waals surface area contributed by atoms with Crippen LogP contribution in [0.15, 0.2) is 60.9 Å². The van der Waals surface area contributed by atoms with Crippen molar-refractivity contribution in [2.75, 3.05) is 12.4 Å². The maximum absolute atomic E-state index is 12.4. The molecule has 0 saturated carbocycles. The number of nitrogens with zero attached hydrogens (tertiary/aromatic N) is 2. The van der Waals surface area contributed by atoms with Gasteiger partial charge < -0.3 is 15.4 Å². The molecule has 1 amide bonds. The van der Waals surface area contributed by atoms with Crippen molar-refractivity contribution in [1.82, 2.24) is 15.3 Å². The van der Waals surface area contributed by atoms with E-state index in [0.717, 1.165) is 17.0 Å². The first-order valence-corrected chi connectivity index (χ1v) is 9.46. The molecule has 0 unspecified atom stereocenters. The van der Waals surface area contributed by atoms with Crippen LogP contribution in [0.4, 0.5) is 11.5 Å². The first kappa shape index (κ1) is 20.3. The lowest BCUT2D eigenvalue weighted by molar-refractivity contribution is 0.0946. The zero-order valence-corrected chi connectivity index (χ0v) is 17.2. The predicted octanol–water partition coefficient (Wildman–Crippen LogP) is 4.46. The van der Waals surface area contributed by atoms with Gasteiger partial charge in [0.2, 0.25) is 0 Å². The van der Waals surface area contributed by atoms with E-state index in [-0.39, 0.29) is 11.3 Å². The van der Waals surface area contributed by atoms with E-state index in [0.29, 0.717) is 18.1 Å². The van der Waals surface area contributed by atoms with Crippen molar-refractivity contribution < 1.29 is 9.53 Å². The minimum atomic E-state index is -0.255. The minimum absolute atomic E-state index is 0.0998. The molecule has 3 aromatic rings. The van der Waals surface area contributed by atoms with Crippen molar-refractivity contribution >= 4 is 17.4 Å². The van der Waals surface area contributed by atoms with Gasteiger partial charge in [-0.05, 0) is 40.8 Å². The fourth-order valence-electron chi connectivity index (χ4n) is 2.77. The van der Waals surface area contributed by atoms with Gasteiger partial charge in [-0.3, -0.25) is 4.79 Å². The van der Waals surface area contributed by atoms with Crippen LogP contribution in [0.5, 0.6) is 5.75 Å². The minimum Gasteiger partial charge on any atom is -0.497 e. The first-order chi connectivity index (χ1) is 13.8. The molecule has 0 aliphatic rings. The number of hydrogen-bond donors (Lipinski definition) is 2. The molecular formula is C23H26N4O2. The third-order valence-electron chi connectivity index (χ3n) is 4.54. The summed E-state index contributed by atoms with van der Waals surface area (Å²) in [7, 11) is 1.62. The number of ether oxygens (including phenoxy) is 1. The van der Waals surface area contributed by atoms with Crippen LogP contribution in [-0.4, -0.2) is 23.0 Å². The van der Waals surface area contributed by atoms with Gasteiger partial charge >= 0.3 is 0 Å². The maximum atomic E-state index is 12.4. The Morgan fingerprint density at radius 3 is 2.31 bits per heavy atom. The lowest BCUT2D eigenvalue weighted by Gasteiger charge is -2.19. The molecule has 1 heterocycles. The lowest BCUT2D eigenvalue weighted by atomic mass is 9.87. The number of anilines is 2. The molecule has 1 aromatic heterocycles. The second-order valence-corrected chi connectivity index (χ2v) is 7.77. The second-order valence-electron chi connectivity index (χ2n) is 7.77. The van der Waals surface area contributed by atoms with Gasteiger partial charge in [-0.1, -0.05) is 45.0 Å². The number of amides is 1. The molecule has 150 valence electrons. The Kier molecular flexibility index (Phi) is 6.12. The van der Waals surface area contributed by atoms with Gasteiger partial charge in [0.25, 0.3) is 5.91 Å². The van der Waals surface area contributed by atoms with Gasteiger partial charge in [-0.15, -0.1) is 0 Å². The summed E-state index contributed by atoms with van der Waals surface area (Å²) in [6.07, 6.45) is 1.38. The number of methoxy groups -OCH3 is 1. The van der Waals surface area contributed by atoms with Gasteiger partial charge in [-0.2, -0.15) is 0 Å².